The number of sulfone groups is 1. The van der Waals surface area contributed by atoms with Crippen molar-refractivity contribution in [1.29, 1.82) is 0 Å². The first-order valence-corrected chi connectivity index (χ1v) is 15.4. The number of carbonyl (C=O) groups is 1. The lowest BCUT2D eigenvalue weighted by Crippen LogP contribution is -2.09. The number of pyridine rings is 2. The molecule has 0 saturated heterocycles. The first kappa shape index (κ1) is 28.1. The molecule has 0 radical (unpaired) electrons. The number of carbonyl (C=O) groups excluding carboxylic acids is 1. The van der Waals surface area contributed by atoms with Crippen molar-refractivity contribution in [2.24, 2.45) is 0 Å². The molecule has 6 aromatic rings. The molecule has 1 amide bonds. The molecule has 218 valence electrons. The molecule has 13 heteroatoms. The van der Waals surface area contributed by atoms with Crippen LogP contribution in [0.25, 0.3) is 55.8 Å². The van der Waals surface area contributed by atoms with E-state index in [1.165, 1.54) is 30.7 Å². The zero-order valence-electron chi connectivity index (χ0n) is 23.1. The van der Waals surface area contributed by atoms with Crippen molar-refractivity contribution < 1.29 is 22.0 Å². The van der Waals surface area contributed by atoms with Gasteiger partial charge in [0.15, 0.2) is 11.6 Å². The van der Waals surface area contributed by atoms with E-state index >= 15 is 4.39 Å². The Bertz CT molecular complexity index is 2140. The molecule has 0 fully saturated rings. The fraction of sp³-hybridized carbons (Fsp3) is 0.167. The van der Waals surface area contributed by atoms with Gasteiger partial charge in [-0.3, -0.25) is 19.9 Å². The molecule has 0 unspecified atom stereocenters. The highest BCUT2D eigenvalue weighted by Gasteiger charge is 2.22. The number of anilines is 1. The quantitative estimate of drug-likeness (QED) is 0.210. The van der Waals surface area contributed by atoms with E-state index in [2.05, 4.69) is 30.5 Å². The zero-order valence-corrected chi connectivity index (χ0v) is 23.9. The Morgan fingerprint density at radius 2 is 1.84 bits per heavy atom. The maximum absolute atomic E-state index is 16.1. The van der Waals surface area contributed by atoms with Gasteiger partial charge in [-0.1, -0.05) is 25.1 Å². The minimum Gasteiger partial charge on any atom is -0.337 e. The van der Waals surface area contributed by atoms with Crippen molar-refractivity contribution in [2.45, 2.75) is 19.8 Å². The van der Waals surface area contributed by atoms with Crippen LogP contribution in [0.4, 0.5) is 14.5 Å². The summed E-state index contributed by atoms with van der Waals surface area (Å²) in [7, 11) is -3.22. The number of hydrogen-bond acceptors (Lipinski definition) is 7. The van der Waals surface area contributed by atoms with Gasteiger partial charge < -0.3 is 10.3 Å². The SMILES string of the molecule is CCC(=O)Nc1cncc(-c2ncc3[nH]nc(-c4nc5c(-c6cc(F)cc(CCS(C)(=O)=O)c6)cccc5[nH]4)c3c2F)c1. The van der Waals surface area contributed by atoms with Gasteiger partial charge in [0.2, 0.25) is 5.91 Å². The van der Waals surface area contributed by atoms with E-state index in [0.29, 0.717) is 44.5 Å². The van der Waals surface area contributed by atoms with Crippen LogP contribution in [0.2, 0.25) is 0 Å². The van der Waals surface area contributed by atoms with E-state index in [0.717, 1.165) is 6.26 Å². The van der Waals surface area contributed by atoms with Crippen LogP contribution in [-0.2, 0) is 21.1 Å². The number of rotatable bonds is 8. The number of imidazole rings is 1. The average Bonchev–Trinajstić information content (AvgIpc) is 3.60. The summed E-state index contributed by atoms with van der Waals surface area (Å²) in [6.45, 7) is 1.72. The summed E-state index contributed by atoms with van der Waals surface area (Å²) in [5, 5.41) is 9.98. The van der Waals surface area contributed by atoms with Gasteiger partial charge in [-0.25, -0.2) is 22.2 Å². The maximum atomic E-state index is 16.1. The van der Waals surface area contributed by atoms with Crippen molar-refractivity contribution >= 4 is 43.4 Å². The molecule has 0 aliphatic carbocycles. The second-order valence-corrected chi connectivity index (χ2v) is 12.4. The lowest BCUT2D eigenvalue weighted by atomic mass is 10.0. The van der Waals surface area contributed by atoms with Gasteiger partial charge in [-0.2, -0.15) is 5.10 Å². The Labute approximate surface area is 244 Å². The standard InChI is InChI=1S/C30H25F2N7O3S/c1-3-24(40)35-20-12-18(13-33-14-20)27-26(32)25-23(15-34-27)38-39-29(25)30-36-22-6-4-5-21(28(22)37-30)17-9-16(10-19(31)11-17)7-8-43(2,41)42/h4-6,9-15H,3,7-8H2,1-2H3,(H,35,40)(H,36,37)(H,38,39). The second kappa shape index (κ2) is 11.0. The van der Waals surface area contributed by atoms with E-state index < -0.39 is 21.5 Å². The fourth-order valence-corrected chi connectivity index (χ4v) is 5.47. The third kappa shape index (κ3) is 5.71. The molecule has 0 aliphatic heterocycles. The number of nitrogens with zero attached hydrogens (tertiary/aromatic N) is 4. The number of halogens is 2. The van der Waals surface area contributed by atoms with Crippen molar-refractivity contribution in [3.63, 3.8) is 0 Å². The molecular weight excluding hydrogens is 576 g/mol. The van der Waals surface area contributed by atoms with Gasteiger partial charge in [0.05, 0.1) is 45.8 Å². The third-order valence-electron chi connectivity index (χ3n) is 6.93. The smallest absolute Gasteiger partial charge is 0.224 e. The Kier molecular flexibility index (Phi) is 7.18. The summed E-state index contributed by atoms with van der Waals surface area (Å²) in [4.78, 5) is 28.1. The number of para-hydroxylation sites is 1. The largest absolute Gasteiger partial charge is 0.337 e. The summed E-state index contributed by atoms with van der Waals surface area (Å²) in [6.07, 6.45) is 5.97. The van der Waals surface area contributed by atoms with Gasteiger partial charge in [0.25, 0.3) is 0 Å². The second-order valence-electron chi connectivity index (χ2n) is 10.2. The van der Waals surface area contributed by atoms with Gasteiger partial charge in [-0.05, 0) is 41.8 Å². The minimum atomic E-state index is -3.22. The first-order valence-electron chi connectivity index (χ1n) is 13.3. The molecule has 4 aromatic heterocycles. The normalized spacial score (nSPS) is 11.8. The fourth-order valence-electron chi connectivity index (χ4n) is 4.87. The Balaban J connectivity index is 1.42. The summed E-state index contributed by atoms with van der Waals surface area (Å²) in [5.41, 5.74) is 4.17. The number of aryl methyl sites for hydroxylation is 1. The van der Waals surface area contributed by atoms with Gasteiger partial charge in [-0.15, -0.1) is 0 Å². The number of amides is 1. The lowest BCUT2D eigenvalue weighted by molar-refractivity contribution is -0.115. The molecule has 10 nitrogen and oxygen atoms in total. The van der Waals surface area contributed by atoms with E-state index in [1.807, 2.05) is 0 Å². The van der Waals surface area contributed by atoms with Crippen LogP contribution < -0.4 is 5.32 Å². The van der Waals surface area contributed by atoms with Crippen LogP contribution in [0, 0.1) is 11.6 Å². The highest BCUT2D eigenvalue weighted by molar-refractivity contribution is 7.90. The predicted molar refractivity (Wildman–Crippen MR) is 160 cm³/mol. The minimum absolute atomic E-state index is 0.0217. The Morgan fingerprint density at radius 1 is 1.00 bits per heavy atom. The van der Waals surface area contributed by atoms with Crippen molar-refractivity contribution in [1.82, 2.24) is 30.1 Å². The van der Waals surface area contributed by atoms with Crippen LogP contribution in [0.3, 0.4) is 0 Å². The molecule has 2 aromatic carbocycles. The molecule has 0 spiro atoms. The van der Waals surface area contributed by atoms with Crippen molar-refractivity contribution in [2.75, 3.05) is 17.3 Å². The Morgan fingerprint density at radius 3 is 2.63 bits per heavy atom. The van der Waals surface area contributed by atoms with Crippen LogP contribution >= 0.6 is 0 Å². The van der Waals surface area contributed by atoms with Gasteiger partial charge >= 0.3 is 0 Å². The number of benzene rings is 2. The van der Waals surface area contributed by atoms with E-state index in [9.17, 15) is 17.6 Å². The topological polar surface area (TPSA) is 146 Å². The Hall–Kier alpha value is -5.04. The number of hydrogen-bond donors (Lipinski definition) is 3. The average molecular weight is 602 g/mol. The summed E-state index contributed by atoms with van der Waals surface area (Å²) < 4.78 is 54.0. The molecule has 4 heterocycles. The van der Waals surface area contributed by atoms with E-state index in [4.69, 9.17) is 4.98 Å². The molecule has 6 rings (SSSR count). The highest BCUT2D eigenvalue weighted by Crippen LogP contribution is 2.35. The zero-order chi connectivity index (χ0) is 30.3. The molecular formula is C30H25F2N7O3S. The van der Waals surface area contributed by atoms with Crippen LogP contribution in [0.5, 0.6) is 0 Å². The lowest BCUT2D eigenvalue weighted by Gasteiger charge is -2.07. The van der Waals surface area contributed by atoms with Crippen LogP contribution in [0.1, 0.15) is 18.9 Å². The summed E-state index contributed by atoms with van der Waals surface area (Å²) in [5.74, 6) is -1.17. The van der Waals surface area contributed by atoms with Crippen molar-refractivity contribution in [3.8, 4) is 33.9 Å². The summed E-state index contributed by atoms with van der Waals surface area (Å²) in [6, 6.07) is 11.4. The number of nitrogens with one attached hydrogen (secondary N) is 3. The molecule has 0 atom stereocenters. The van der Waals surface area contributed by atoms with E-state index in [1.54, 1.807) is 37.3 Å². The number of aromatic amines is 2. The number of H-pyrrole nitrogens is 2. The predicted octanol–water partition coefficient (Wildman–Crippen LogP) is 5.44. The molecule has 0 aliphatic rings. The third-order valence-corrected chi connectivity index (χ3v) is 7.87. The number of aromatic nitrogens is 6. The summed E-state index contributed by atoms with van der Waals surface area (Å²) >= 11 is 0. The van der Waals surface area contributed by atoms with Gasteiger partial charge in [0.1, 0.15) is 27.0 Å². The highest BCUT2D eigenvalue weighted by atomic mass is 32.2. The number of fused-ring (bicyclic) bond motifs is 2. The van der Waals surface area contributed by atoms with Crippen LogP contribution in [0.15, 0.2) is 61.1 Å². The molecule has 3 N–H and O–H groups in total. The molecule has 0 bridgehead atoms. The first-order chi connectivity index (χ1) is 20.6. The monoisotopic (exact) mass is 601 g/mol. The van der Waals surface area contributed by atoms with Crippen molar-refractivity contribution in [3.05, 3.63) is 78.3 Å². The molecule has 43 heavy (non-hydrogen) atoms. The maximum Gasteiger partial charge on any atom is 0.224 e. The van der Waals surface area contributed by atoms with Gasteiger partial charge in [0, 0.05) is 30.0 Å². The molecule has 0 saturated carbocycles. The van der Waals surface area contributed by atoms with Crippen LogP contribution in [-0.4, -0.2) is 56.5 Å². The van der Waals surface area contributed by atoms with E-state index in [-0.39, 0.29) is 47.1 Å².